The van der Waals surface area contributed by atoms with Gasteiger partial charge in [-0.15, -0.1) is 0 Å². The predicted octanol–water partition coefficient (Wildman–Crippen LogP) is 5.60. The first-order valence-electron chi connectivity index (χ1n) is 8.60. The minimum absolute atomic E-state index is 0.143. The summed E-state index contributed by atoms with van der Waals surface area (Å²) in [4.78, 5) is 17.5. The molecule has 1 saturated carbocycles. The summed E-state index contributed by atoms with van der Waals surface area (Å²) in [5.41, 5.74) is 1.75. The fraction of sp³-hybridized carbons (Fsp3) is 0.300. The molecule has 0 aliphatic heterocycles. The largest absolute Gasteiger partial charge is 0.478 e. The highest BCUT2D eigenvalue weighted by atomic mass is 35.5. The van der Waals surface area contributed by atoms with E-state index in [0.717, 1.165) is 6.04 Å². The molecule has 2 aromatic carbocycles. The van der Waals surface area contributed by atoms with E-state index in [4.69, 9.17) is 32.7 Å². The minimum Gasteiger partial charge on any atom is -0.478 e. The lowest BCUT2D eigenvalue weighted by molar-refractivity contribution is 0.0697. The van der Waals surface area contributed by atoms with Crippen LogP contribution in [-0.2, 0) is 0 Å². The van der Waals surface area contributed by atoms with E-state index >= 15 is 0 Å². The zero-order chi connectivity index (χ0) is 19.6. The normalized spacial score (nSPS) is 14.0. The Hall–Kier alpha value is -2.08. The molecular weight excluding hydrogens is 387 g/mol. The molecule has 3 aromatic rings. The molecule has 0 unspecified atom stereocenters. The number of fused-ring (bicyclic) bond motifs is 1. The molecule has 1 N–H and O–H groups in total. The van der Waals surface area contributed by atoms with Crippen LogP contribution in [0.4, 0.5) is 0 Å². The van der Waals surface area contributed by atoms with Crippen LogP contribution < -0.4 is 0 Å². The molecular formula is C20H20Cl2N2O3. The topological polar surface area (TPSA) is 66.6 Å². The molecule has 0 spiro atoms. The van der Waals surface area contributed by atoms with Gasteiger partial charge in [-0.3, -0.25) is 0 Å². The molecule has 0 atom stereocenters. The number of hydrogen-bond acceptors (Lipinski definition) is 4. The van der Waals surface area contributed by atoms with E-state index in [2.05, 4.69) is 24.0 Å². The number of carboxylic acids is 1. The number of aromatic carboxylic acids is 1. The van der Waals surface area contributed by atoms with E-state index < -0.39 is 5.97 Å². The van der Waals surface area contributed by atoms with Crippen LogP contribution in [0, 0.1) is 0 Å². The first kappa shape index (κ1) is 19.7. The van der Waals surface area contributed by atoms with Gasteiger partial charge in [0, 0.05) is 21.7 Å². The SMILES string of the molecule is CN(C)C1CCC1.O=C(O)c1ccc2nc(-c3cc(Cl)cc(Cl)c3)oc2c1. The summed E-state index contributed by atoms with van der Waals surface area (Å²) in [6, 6.07) is 10.4. The van der Waals surface area contributed by atoms with Crippen LogP contribution in [0.1, 0.15) is 29.6 Å². The number of benzene rings is 2. The van der Waals surface area contributed by atoms with Gasteiger partial charge in [0.1, 0.15) is 5.52 Å². The number of hydrogen-bond donors (Lipinski definition) is 1. The van der Waals surface area contributed by atoms with Crippen molar-refractivity contribution in [2.24, 2.45) is 0 Å². The summed E-state index contributed by atoms with van der Waals surface area (Å²) in [7, 11) is 4.31. The van der Waals surface area contributed by atoms with Crippen LogP contribution in [0.25, 0.3) is 22.6 Å². The monoisotopic (exact) mass is 406 g/mol. The number of carboxylic acid groups (broad SMARTS) is 1. The molecule has 1 aromatic heterocycles. The van der Waals surface area contributed by atoms with Gasteiger partial charge in [0.25, 0.3) is 0 Å². The van der Waals surface area contributed by atoms with Crippen molar-refractivity contribution in [3.05, 3.63) is 52.0 Å². The number of rotatable bonds is 3. The second-order valence-electron chi connectivity index (χ2n) is 6.71. The summed E-state index contributed by atoms with van der Waals surface area (Å²) in [5.74, 6) is -0.678. The summed E-state index contributed by atoms with van der Waals surface area (Å²) in [5, 5.41) is 9.89. The fourth-order valence-corrected chi connectivity index (χ4v) is 3.29. The lowest BCUT2D eigenvalue weighted by Crippen LogP contribution is -2.33. The van der Waals surface area contributed by atoms with Gasteiger partial charge in [0.05, 0.1) is 5.56 Å². The van der Waals surface area contributed by atoms with Gasteiger partial charge in [0.15, 0.2) is 5.58 Å². The van der Waals surface area contributed by atoms with Crippen molar-refractivity contribution >= 4 is 40.3 Å². The van der Waals surface area contributed by atoms with E-state index in [1.165, 1.54) is 31.4 Å². The lowest BCUT2D eigenvalue weighted by Gasteiger charge is -2.31. The number of halogens is 2. The fourth-order valence-electron chi connectivity index (χ4n) is 2.76. The van der Waals surface area contributed by atoms with Gasteiger partial charge >= 0.3 is 5.97 Å². The summed E-state index contributed by atoms with van der Waals surface area (Å²) < 4.78 is 5.56. The third kappa shape index (κ3) is 4.80. The highest BCUT2D eigenvalue weighted by molar-refractivity contribution is 6.35. The smallest absolute Gasteiger partial charge is 0.335 e. The molecule has 142 valence electrons. The Morgan fingerprint density at radius 3 is 2.30 bits per heavy atom. The molecule has 1 aliphatic rings. The van der Waals surface area contributed by atoms with Crippen LogP contribution in [0.3, 0.4) is 0 Å². The van der Waals surface area contributed by atoms with Gasteiger partial charge in [-0.1, -0.05) is 29.6 Å². The summed E-state index contributed by atoms with van der Waals surface area (Å²) in [6.07, 6.45) is 4.29. The highest BCUT2D eigenvalue weighted by Crippen LogP contribution is 2.29. The Kier molecular flexibility index (Phi) is 6.05. The van der Waals surface area contributed by atoms with Crippen LogP contribution in [0.5, 0.6) is 0 Å². The van der Waals surface area contributed by atoms with Crippen LogP contribution in [0.15, 0.2) is 40.8 Å². The van der Waals surface area contributed by atoms with E-state index in [1.807, 2.05) is 0 Å². The number of oxazole rings is 1. The van der Waals surface area contributed by atoms with Gasteiger partial charge in [0.2, 0.25) is 5.89 Å². The average Bonchev–Trinajstić information content (AvgIpc) is 2.95. The first-order chi connectivity index (χ1) is 12.8. The second-order valence-corrected chi connectivity index (χ2v) is 7.59. The highest BCUT2D eigenvalue weighted by Gasteiger charge is 2.18. The van der Waals surface area contributed by atoms with Crippen molar-refractivity contribution in [2.45, 2.75) is 25.3 Å². The van der Waals surface area contributed by atoms with Crippen molar-refractivity contribution in [3.8, 4) is 11.5 Å². The predicted molar refractivity (Wildman–Crippen MR) is 108 cm³/mol. The van der Waals surface area contributed by atoms with E-state index in [0.29, 0.717) is 32.6 Å². The van der Waals surface area contributed by atoms with Gasteiger partial charge in [-0.05, 0) is 63.3 Å². The summed E-state index contributed by atoms with van der Waals surface area (Å²) >= 11 is 11.9. The van der Waals surface area contributed by atoms with Gasteiger partial charge in [-0.2, -0.15) is 0 Å². The number of carbonyl (C=O) groups is 1. The third-order valence-corrected chi connectivity index (χ3v) is 4.99. The zero-order valence-corrected chi connectivity index (χ0v) is 16.6. The average molecular weight is 407 g/mol. The Bertz CT molecular complexity index is 945. The quantitative estimate of drug-likeness (QED) is 0.612. The molecule has 27 heavy (non-hydrogen) atoms. The maximum absolute atomic E-state index is 10.9. The molecule has 0 radical (unpaired) electrons. The maximum Gasteiger partial charge on any atom is 0.335 e. The molecule has 0 amide bonds. The molecule has 4 rings (SSSR count). The van der Waals surface area contributed by atoms with Gasteiger partial charge < -0.3 is 14.4 Å². The van der Waals surface area contributed by atoms with Crippen molar-refractivity contribution in [1.29, 1.82) is 0 Å². The molecule has 7 heteroatoms. The van der Waals surface area contributed by atoms with E-state index in [-0.39, 0.29) is 5.56 Å². The summed E-state index contributed by atoms with van der Waals surface area (Å²) in [6.45, 7) is 0. The van der Waals surface area contributed by atoms with Crippen LogP contribution >= 0.6 is 23.2 Å². The third-order valence-electron chi connectivity index (χ3n) is 4.55. The maximum atomic E-state index is 10.9. The Labute approximate surface area is 167 Å². The van der Waals surface area contributed by atoms with Crippen molar-refractivity contribution in [1.82, 2.24) is 9.88 Å². The van der Waals surface area contributed by atoms with Crippen LogP contribution in [0.2, 0.25) is 10.0 Å². The Morgan fingerprint density at radius 1 is 1.15 bits per heavy atom. The molecule has 0 saturated heterocycles. The molecule has 1 heterocycles. The van der Waals surface area contributed by atoms with Crippen LogP contribution in [-0.4, -0.2) is 41.1 Å². The van der Waals surface area contributed by atoms with Crippen molar-refractivity contribution < 1.29 is 14.3 Å². The number of aromatic nitrogens is 1. The van der Waals surface area contributed by atoms with E-state index in [9.17, 15) is 4.79 Å². The second kappa shape index (κ2) is 8.30. The van der Waals surface area contributed by atoms with Crippen molar-refractivity contribution in [2.75, 3.05) is 14.1 Å². The molecule has 1 aliphatic carbocycles. The lowest BCUT2D eigenvalue weighted by atomic mass is 9.92. The molecule has 5 nitrogen and oxygen atoms in total. The Balaban J connectivity index is 0.000000253. The van der Waals surface area contributed by atoms with Crippen molar-refractivity contribution in [3.63, 3.8) is 0 Å². The zero-order valence-electron chi connectivity index (χ0n) is 15.1. The van der Waals surface area contributed by atoms with Gasteiger partial charge in [-0.25, -0.2) is 9.78 Å². The van der Waals surface area contributed by atoms with E-state index in [1.54, 1.807) is 24.3 Å². The Morgan fingerprint density at radius 2 is 1.81 bits per heavy atom. The molecule has 1 fully saturated rings. The standard InChI is InChI=1S/C14H7Cl2NO3.C6H13N/c15-9-3-8(4-10(16)6-9)13-17-11-2-1-7(14(18)19)5-12(11)20-13;1-7(2)6-4-3-5-6/h1-6H,(H,18,19);6H,3-5H2,1-2H3. The molecule has 0 bridgehead atoms. The number of nitrogens with zero attached hydrogens (tertiary/aromatic N) is 2. The first-order valence-corrected chi connectivity index (χ1v) is 9.36. The minimum atomic E-state index is -1.02.